The lowest BCUT2D eigenvalue weighted by Gasteiger charge is -2.09. The van der Waals surface area contributed by atoms with E-state index in [0.29, 0.717) is 5.56 Å². The fourth-order valence-corrected chi connectivity index (χ4v) is 1.77. The fraction of sp³-hybridized carbons (Fsp3) is 0. The van der Waals surface area contributed by atoms with Crippen molar-refractivity contribution in [1.29, 1.82) is 0 Å². The normalized spacial score (nSPS) is 13.5. The molecule has 1 aromatic carbocycles. The summed E-state index contributed by atoms with van der Waals surface area (Å²) in [4.78, 5) is 23.9. The van der Waals surface area contributed by atoms with Crippen molar-refractivity contribution < 1.29 is 14.5 Å². The van der Waals surface area contributed by atoms with Crippen LogP contribution in [-0.4, -0.2) is 21.8 Å². The molecule has 0 radical (unpaired) electrons. The van der Waals surface area contributed by atoms with Crippen molar-refractivity contribution in [3.8, 4) is 0 Å². The van der Waals surface area contributed by atoms with Gasteiger partial charge in [0.05, 0.1) is 0 Å². The summed E-state index contributed by atoms with van der Waals surface area (Å²) in [5.74, 6) is -0.789. The van der Waals surface area contributed by atoms with E-state index in [1.807, 2.05) is 0 Å². The summed E-state index contributed by atoms with van der Waals surface area (Å²) in [7, 11) is 0. The number of rotatable bonds is 0. The smallest absolute Gasteiger partial charge is 0.220 e. The Kier molecular flexibility index (Phi) is 1.51. The Morgan fingerprint density at radius 3 is 2.44 bits per heavy atom. The fourth-order valence-electron chi connectivity index (χ4n) is 1.77. The second-order valence-electron chi connectivity index (χ2n) is 3.41. The molecule has 6 heteroatoms. The second kappa shape index (κ2) is 2.75. The summed E-state index contributed by atoms with van der Waals surface area (Å²) in [5, 5.41) is 16.6. The van der Waals surface area contributed by atoms with E-state index < -0.39 is 5.78 Å². The van der Waals surface area contributed by atoms with Crippen LogP contribution >= 0.6 is 0 Å². The molecule has 16 heavy (non-hydrogen) atoms. The van der Waals surface area contributed by atoms with Gasteiger partial charge in [0.15, 0.2) is 5.69 Å². The van der Waals surface area contributed by atoms with Crippen LogP contribution in [0.25, 0.3) is 0 Å². The van der Waals surface area contributed by atoms with Gasteiger partial charge in [-0.15, -0.1) is 5.10 Å². The quantitative estimate of drug-likeness (QED) is 0.416. The first-order valence-corrected chi connectivity index (χ1v) is 4.57. The number of benzene rings is 1. The van der Waals surface area contributed by atoms with Crippen LogP contribution in [0.3, 0.4) is 0 Å². The van der Waals surface area contributed by atoms with Gasteiger partial charge in [-0.3, -0.25) is 9.59 Å². The molecule has 78 valence electrons. The number of aromatic nitrogens is 3. The van der Waals surface area contributed by atoms with E-state index >= 15 is 0 Å². The molecule has 0 unspecified atom stereocenters. The summed E-state index contributed by atoms with van der Waals surface area (Å²) in [5.41, 5.74) is 0.425. The minimum atomic E-state index is -0.406. The Labute approximate surface area is 89.1 Å². The van der Waals surface area contributed by atoms with Crippen molar-refractivity contribution in [1.82, 2.24) is 10.2 Å². The van der Waals surface area contributed by atoms with E-state index in [4.69, 9.17) is 0 Å². The van der Waals surface area contributed by atoms with Gasteiger partial charge in [0.25, 0.3) is 0 Å². The first kappa shape index (κ1) is 8.78. The van der Waals surface area contributed by atoms with Crippen LogP contribution in [0.5, 0.6) is 0 Å². The monoisotopic (exact) mass is 215 g/mol. The molecule has 0 aliphatic heterocycles. The van der Waals surface area contributed by atoms with E-state index in [0.717, 1.165) is 0 Å². The average Bonchev–Trinajstić information content (AvgIpc) is 2.68. The number of aromatic amines is 1. The van der Waals surface area contributed by atoms with Crippen molar-refractivity contribution in [3.63, 3.8) is 0 Å². The number of hydrogen-bond acceptors (Lipinski definition) is 4. The number of H-pyrrole nitrogens is 1. The highest BCUT2D eigenvalue weighted by molar-refractivity contribution is 6.26. The Hall–Kier alpha value is -2.50. The lowest BCUT2D eigenvalue weighted by Crippen LogP contribution is -2.31. The van der Waals surface area contributed by atoms with Gasteiger partial charge in [-0.1, -0.05) is 24.3 Å². The van der Waals surface area contributed by atoms with Gasteiger partial charge < -0.3 is 5.21 Å². The standard InChI is InChI=1S/C10H5N3O3/c14-9-5-3-1-2-4-6(5)10(15)8-7(9)11-13(16)12-8/h1-4H,(H,11,12). The Morgan fingerprint density at radius 2 is 1.75 bits per heavy atom. The highest BCUT2D eigenvalue weighted by atomic mass is 16.5. The Morgan fingerprint density at radius 1 is 1.12 bits per heavy atom. The van der Waals surface area contributed by atoms with Crippen molar-refractivity contribution >= 4 is 11.6 Å². The van der Waals surface area contributed by atoms with Crippen LogP contribution in [0.2, 0.25) is 0 Å². The third-order valence-electron chi connectivity index (χ3n) is 2.49. The molecule has 0 saturated heterocycles. The summed E-state index contributed by atoms with van der Waals surface area (Å²) < 4.78 is 0. The minimum Gasteiger partial charge on any atom is -0.571 e. The molecule has 0 amide bonds. The van der Waals surface area contributed by atoms with E-state index in [1.54, 1.807) is 24.3 Å². The third-order valence-corrected chi connectivity index (χ3v) is 2.49. The summed E-state index contributed by atoms with van der Waals surface area (Å²) in [6, 6.07) is 6.42. The third kappa shape index (κ3) is 0.952. The van der Waals surface area contributed by atoms with Crippen LogP contribution in [0.15, 0.2) is 24.3 Å². The highest BCUT2D eigenvalue weighted by Gasteiger charge is 2.35. The van der Waals surface area contributed by atoms with E-state index in [1.165, 1.54) is 0 Å². The van der Waals surface area contributed by atoms with Crippen LogP contribution in [0.4, 0.5) is 0 Å². The van der Waals surface area contributed by atoms with Crippen LogP contribution in [-0.2, 0) is 0 Å². The SMILES string of the molecule is O=C1c2ccccc2C(=O)c2[nH][n+]([O-])nc21. The summed E-state index contributed by atoms with van der Waals surface area (Å²) in [6.07, 6.45) is 0. The number of carbonyl (C=O) groups excluding carboxylic acids is 2. The molecule has 0 fully saturated rings. The van der Waals surface area contributed by atoms with E-state index in [2.05, 4.69) is 10.2 Å². The molecule has 1 aliphatic rings. The lowest BCUT2D eigenvalue weighted by molar-refractivity contribution is -0.722. The van der Waals surface area contributed by atoms with Crippen molar-refractivity contribution in [2.24, 2.45) is 0 Å². The zero-order valence-corrected chi connectivity index (χ0v) is 7.93. The van der Waals surface area contributed by atoms with Crippen LogP contribution < -0.4 is 4.96 Å². The predicted octanol–water partition coefficient (Wildman–Crippen LogP) is -0.182. The molecule has 6 nitrogen and oxygen atoms in total. The molecular weight excluding hydrogens is 210 g/mol. The van der Waals surface area contributed by atoms with Crippen molar-refractivity contribution in [2.75, 3.05) is 0 Å². The van der Waals surface area contributed by atoms with Gasteiger partial charge in [0.2, 0.25) is 17.3 Å². The molecule has 3 rings (SSSR count). The van der Waals surface area contributed by atoms with Crippen molar-refractivity contribution in [2.45, 2.75) is 0 Å². The van der Waals surface area contributed by atoms with E-state index in [-0.39, 0.29) is 27.7 Å². The van der Waals surface area contributed by atoms with Gasteiger partial charge in [-0.2, -0.15) is 0 Å². The van der Waals surface area contributed by atoms with Crippen molar-refractivity contribution in [3.05, 3.63) is 52.0 Å². The molecule has 0 atom stereocenters. The lowest BCUT2D eigenvalue weighted by atomic mass is 9.90. The van der Waals surface area contributed by atoms with Gasteiger partial charge in [-0.25, -0.2) is 0 Å². The van der Waals surface area contributed by atoms with E-state index in [9.17, 15) is 14.8 Å². The molecule has 1 heterocycles. The molecule has 0 spiro atoms. The molecule has 0 bridgehead atoms. The summed E-state index contributed by atoms with van der Waals surface area (Å²) >= 11 is 0. The van der Waals surface area contributed by atoms with Gasteiger partial charge in [-0.05, 0) is 0 Å². The molecule has 1 aromatic heterocycles. The second-order valence-corrected chi connectivity index (χ2v) is 3.41. The van der Waals surface area contributed by atoms with Gasteiger partial charge in [0, 0.05) is 21.2 Å². The maximum atomic E-state index is 11.9. The number of carbonyl (C=O) groups is 2. The number of fused-ring (bicyclic) bond motifs is 2. The van der Waals surface area contributed by atoms with Gasteiger partial charge >= 0.3 is 0 Å². The largest absolute Gasteiger partial charge is 0.571 e. The maximum Gasteiger partial charge on any atom is 0.220 e. The van der Waals surface area contributed by atoms with Crippen LogP contribution in [0.1, 0.15) is 32.1 Å². The summed E-state index contributed by atoms with van der Waals surface area (Å²) in [6.45, 7) is 0. The zero-order chi connectivity index (χ0) is 11.3. The number of hydrogen-bond donors (Lipinski definition) is 1. The zero-order valence-electron chi connectivity index (χ0n) is 7.93. The van der Waals surface area contributed by atoms with Gasteiger partial charge in [0.1, 0.15) is 0 Å². The highest BCUT2D eigenvalue weighted by Crippen LogP contribution is 2.23. The molecular formula is C10H5N3O3. The first-order valence-electron chi connectivity index (χ1n) is 4.57. The minimum absolute atomic E-state index is 0.0429. The average molecular weight is 215 g/mol. The molecule has 2 aromatic rings. The number of nitrogens with one attached hydrogen (secondary N) is 1. The molecule has 1 aliphatic carbocycles. The Bertz CT molecular complexity index is 577. The first-order chi connectivity index (χ1) is 7.68. The van der Waals surface area contributed by atoms with Crippen LogP contribution in [0, 0.1) is 5.21 Å². The Balaban J connectivity index is 2.34. The molecule has 1 N–H and O–H groups in total. The predicted molar refractivity (Wildman–Crippen MR) is 50.9 cm³/mol. The maximum absolute atomic E-state index is 11.9. The number of ketones is 2. The molecule has 0 saturated carbocycles. The number of nitrogens with zero attached hydrogens (tertiary/aromatic N) is 2. The topological polar surface area (TPSA) is 89.8 Å².